The highest BCUT2D eigenvalue weighted by Gasteiger charge is 2.30. The molecule has 0 aliphatic carbocycles. The summed E-state index contributed by atoms with van der Waals surface area (Å²) in [5.74, 6) is -0.476. The lowest BCUT2D eigenvalue weighted by Crippen LogP contribution is -2.49. The molecule has 0 bridgehead atoms. The predicted octanol–water partition coefficient (Wildman–Crippen LogP) is 2.87. The maximum atomic E-state index is 12.3. The van der Waals surface area contributed by atoms with Gasteiger partial charge in [0.15, 0.2) is 9.50 Å². The lowest BCUT2D eigenvalue weighted by atomic mass is 10.1. The normalized spacial score (nSPS) is 15.0. The minimum Gasteiger partial charge on any atom is -0.467 e. The summed E-state index contributed by atoms with van der Waals surface area (Å²) in [6, 6.07) is 5.01. The minimum atomic E-state index is -0.718. The highest BCUT2D eigenvalue weighted by atomic mass is 35.5. The maximum absolute atomic E-state index is 12.3. The van der Waals surface area contributed by atoms with Crippen LogP contribution in [-0.2, 0) is 30.3 Å². The Labute approximate surface area is 229 Å². The van der Waals surface area contributed by atoms with Crippen molar-refractivity contribution in [2.75, 3.05) is 46.2 Å². The second kappa shape index (κ2) is 14.6. The van der Waals surface area contributed by atoms with Crippen molar-refractivity contribution in [1.82, 2.24) is 14.8 Å². The van der Waals surface area contributed by atoms with E-state index < -0.39 is 17.0 Å². The van der Waals surface area contributed by atoms with Gasteiger partial charge in [-0.05, 0) is 31.9 Å². The fraction of sp³-hybridized carbons (Fsp3) is 0.478. The Balaban J connectivity index is 0.000000268. The van der Waals surface area contributed by atoms with Gasteiger partial charge in [-0.2, -0.15) is 0 Å². The first kappa shape index (κ1) is 30.9. The summed E-state index contributed by atoms with van der Waals surface area (Å²) in [5.41, 5.74) is 2.57. The Morgan fingerprint density at radius 2 is 1.97 bits per heavy atom. The number of halogens is 1. The molecule has 1 saturated heterocycles. The van der Waals surface area contributed by atoms with Crippen LogP contribution in [0, 0.1) is 24.0 Å². The molecule has 3 rings (SSSR count). The van der Waals surface area contributed by atoms with Gasteiger partial charge in [0, 0.05) is 25.2 Å². The largest absolute Gasteiger partial charge is 0.467 e. The van der Waals surface area contributed by atoms with E-state index in [0.717, 1.165) is 21.7 Å². The fourth-order valence-electron chi connectivity index (χ4n) is 3.71. The van der Waals surface area contributed by atoms with E-state index in [1.807, 2.05) is 32.0 Å². The van der Waals surface area contributed by atoms with E-state index >= 15 is 0 Å². The number of hydrazone groups is 1. The van der Waals surface area contributed by atoms with Gasteiger partial charge in [-0.3, -0.25) is 9.69 Å². The third kappa shape index (κ3) is 8.34. The molecule has 0 saturated carbocycles. The molecule has 1 aliphatic heterocycles. The summed E-state index contributed by atoms with van der Waals surface area (Å²) >= 11 is 7.05. The van der Waals surface area contributed by atoms with Gasteiger partial charge < -0.3 is 24.0 Å². The van der Waals surface area contributed by atoms with Crippen molar-refractivity contribution < 1.29 is 28.8 Å². The second-order valence-corrected chi connectivity index (χ2v) is 9.91. The standard InChI is InChI=1S/C15H21NO4.C8H10ClN5O3S/c1-10-7-6-8-11(2)14(10)16(13(17)9-19-4)12(3)15(18)20-5;1-12-4-17-5-13(8(12)11-14(15)16)3-6-2-10-7(9)18-6/h6-8,12H,9H2,1-5H3;2H,3-5H2,1H3/b;11-8+. The molecule has 1 atom stereocenters. The molecule has 1 aromatic heterocycles. The lowest BCUT2D eigenvalue weighted by Gasteiger charge is -2.34. The quantitative estimate of drug-likeness (QED) is 0.264. The maximum Gasteiger partial charge on any atom is 0.328 e. The fourth-order valence-corrected chi connectivity index (χ4v) is 4.70. The second-order valence-electron chi connectivity index (χ2n) is 8.21. The zero-order valence-corrected chi connectivity index (χ0v) is 23.6. The van der Waals surface area contributed by atoms with E-state index in [0.29, 0.717) is 11.0 Å². The summed E-state index contributed by atoms with van der Waals surface area (Å²) < 4.78 is 15.4. The number of rotatable bonds is 8. The number of carbonyl (C=O) groups is 2. The number of guanidine groups is 1. The van der Waals surface area contributed by atoms with Gasteiger partial charge in [-0.15, -0.1) is 11.3 Å². The number of aromatic nitrogens is 1. The number of thiazole rings is 1. The van der Waals surface area contributed by atoms with Crippen LogP contribution >= 0.6 is 22.9 Å². The van der Waals surface area contributed by atoms with E-state index in [4.69, 9.17) is 25.8 Å². The smallest absolute Gasteiger partial charge is 0.328 e. The molecule has 0 spiro atoms. The van der Waals surface area contributed by atoms with Gasteiger partial charge in [0.25, 0.3) is 11.9 Å². The SMILES string of the molecule is CN1COCN(Cc2cnc(Cl)s2)/C1=N/[N+](=O)[O-].COCC(=O)N(c1c(C)cccc1C)C(C)C(=O)OC. The number of hydrogen-bond donors (Lipinski definition) is 0. The van der Waals surface area contributed by atoms with Gasteiger partial charge >= 0.3 is 5.97 Å². The highest BCUT2D eigenvalue weighted by Crippen LogP contribution is 2.27. The zero-order chi connectivity index (χ0) is 28.4. The Bertz CT molecular complexity index is 1140. The minimum absolute atomic E-state index is 0.0882. The van der Waals surface area contributed by atoms with Gasteiger partial charge in [-0.1, -0.05) is 29.8 Å². The molecule has 2 heterocycles. The Hall–Kier alpha value is -3.33. The molecule has 38 heavy (non-hydrogen) atoms. The number of methoxy groups -OCH3 is 2. The van der Waals surface area contributed by atoms with Crippen LogP contribution in [0.25, 0.3) is 0 Å². The average molecular weight is 571 g/mol. The highest BCUT2D eigenvalue weighted by molar-refractivity contribution is 7.15. The number of aryl methyl sites for hydroxylation is 2. The van der Waals surface area contributed by atoms with Gasteiger partial charge in [0.1, 0.15) is 31.2 Å². The molecule has 1 aliphatic rings. The van der Waals surface area contributed by atoms with Crippen LogP contribution in [0.1, 0.15) is 22.9 Å². The van der Waals surface area contributed by atoms with Crippen LogP contribution in [0.15, 0.2) is 29.5 Å². The number of ether oxygens (including phenoxy) is 3. The van der Waals surface area contributed by atoms with Crippen molar-refractivity contribution in [3.63, 3.8) is 0 Å². The lowest BCUT2D eigenvalue weighted by molar-refractivity contribution is -0.486. The van der Waals surface area contributed by atoms with Crippen LogP contribution in [-0.4, -0.2) is 85.0 Å². The number of nitro groups is 1. The molecule has 0 N–H and O–H groups in total. The number of carbonyl (C=O) groups excluding carboxylic acids is 2. The monoisotopic (exact) mass is 570 g/mol. The van der Waals surface area contributed by atoms with Gasteiger partial charge in [0.2, 0.25) is 0 Å². The third-order valence-corrected chi connectivity index (χ3v) is 6.45. The molecule has 0 radical (unpaired) electrons. The first-order chi connectivity index (χ1) is 18.0. The first-order valence-corrected chi connectivity index (χ1v) is 12.5. The topological polar surface area (TPSA) is 140 Å². The summed E-state index contributed by atoms with van der Waals surface area (Å²) in [7, 11) is 4.43. The number of amides is 1. The van der Waals surface area contributed by atoms with Gasteiger partial charge in [0.05, 0.1) is 19.3 Å². The molecule has 15 heteroatoms. The molecule has 2 aromatic rings. The molecule has 13 nitrogen and oxygen atoms in total. The Morgan fingerprint density at radius 1 is 1.32 bits per heavy atom. The predicted molar refractivity (Wildman–Crippen MR) is 142 cm³/mol. The summed E-state index contributed by atoms with van der Waals surface area (Å²) in [6.45, 7) is 6.29. The molecular formula is C23H31ClN6O7S. The van der Waals surface area contributed by atoms with E-state index in [2.05, 4.69) is 10.1 Å². The number of esters is 1. The van der Waals surface area contributed by atoms with Crippen molar-refractivity contribution >= 4 is 46.5 Å². The molecular weight excluding hydrogens is 540 g/mol. The van der Waals surface area contributed by atoms with Crippen molar-refractivity contribution in [1.29, 1.82) is 0 Å². The van der Waals surface area contributed by atoms with Crippen molar-refractivity contribution in [3.8, 4) is 0 Å². The van der Waals surface area contributed by atoms with Crippen molar-refractivity contribution in [2.45, 2.75) is 33.4 Å². The van der Waals surface area contributed by atoms with Crippen LogP contribution in [0.3, 0.4) is 0 Å². The Kier molecular flexibility index (Phi) is 11.8. The average Bonchev–Trinajstić information content (AvgIpc) is 3.27. The summed E-state index contributed by atoms with van der Waals surface area (Å²) in [5, 5.41) is 13.2. The third-order valence-electron chi connectivity index (χ3n) is 5.35. The Morgan fingerprint density at radius 3 is 2.50 bits per heavy atom. The van der Waals surface area contributed by atoms with Crippen LogP contribution in [0.4, 0.5) is 5.69 Å². The van der Waals surface area contributed by atoms with Crippen molar-refractivity contribution in [2.24, 2.45) is 5.10 Å². The number of benzene rings is 1. The van der Waals surface area contributed by atoms with E-state index in [1.165, 1.54) is 30.5 Å². The van der Waals surface area contributed by atoms with Gasteiger partial charge in [-0.25, -0.2) is 19.9 Å². The molecule has 1 aromatic carbocycles. The molecule has 1 amide bonds. The molecule has 1 unspecified atom stereocenters. The summed E-state index contributed by atoms with van der Waals surface area (Å²) in [6.07, 6.45) is 1.63. The number of para-hydroxylation sites is 1. The van der Waals surface area contributed by atoms with E-state index in [9.17, 15) is 19.7 Å². The number of nitrogens with zero attached hydrogens (tertiary/aromatic N) is 6. The zero-order valence-electron chi connectivity index (χ0n) is 22.0. The first-order valence-electron chi connectivity index (χ1n) is 11.3. The summed E-state index contributed by atoms with van der Waals surface area (Å²) in [4.78, 5) is 44.1. The van der Waals surface area contributed by atoms with E-state index in [-0.39, 0.29) is 31.9 Å². The number of anilines is 1. The van der Waals surface area contributed by atoms with Crippen LogP contribution in [0.2, 0.25) is 4.47 Å². The van der Waals surface area contributed by atoms with Crippen LogP contribution < -0.4 is 4.90 Å². The molecule has 1 fully saturated rings. The number of hydrogen-bond acceptors (Lipinski definition) is 9. The van der Waals surface area contributed by atoms with Crippen molar-refractivity contribution in [3.05, 3.63) is 55.0 Å². The molecule has 208 valence electrons. The van der Waals surface area contributed by atoms with Crippen LogP contribution in [0.5, 0.6) is 0 Å². The van der Waals surface area contributed by atoms with E-state index in [1.54, 1.807) is 30.0 Å².